The molecule has 0 saturated carbocycles. The molecule has 1 aromatic carbocycles. The average molecular weight is 263 g/mol. The third kappa shape index (κ3) is 2.65. The third-order valence-electron chi connectivity index (χ3n) is 2.75. The molecule has 1 aliphatic rings. The molecule has 2 amide bonds. The van der Waals surface area contributed by atoms with Crippen molar-refractivity contribution in [2.75, 3.05) is 6.54 Å². The average Bonchev–Trinajstić information content (AvgIpc) is 2.78. The lowest BCUT2D eigenvalue weighted by molar-refractivity contribution is -0.146. The van der Waals surface area contributed by atoms with Gasteiger partial charge in [0, 0.05) is 13.1 Å². The molecule has 0 aromatic heterocycles. The van der Waals surface area contributed by atoms with Gasteiger partial charge in [-0.3, -0.25) is 9.59 Å². The Labute approximate surface area is 110 Å². The monoisotopic (exact) mass is 263 g/mol. The van der Waals surface area contributed by atoms with Crippen molar-refractivity contribution < 1.29 is 9.59 Å². The van der Waals surface area contributed by atoms with Gasteiger partial charge in [0.15, 0.2) is 0 Å². The molecule has 0 unspecified atom stereocenters. The predicted octanol–water partition coefficient (Wildman–Crippen LogP) is -0.0689. The van der Waals surface area contributed by atoms with Crippen LogP contribution in [0.1, 0.15) is 11.1 Å². The Hall–Kier alpha value is -1.95. The van der Waals surface area contributed by atoms with E-state index in [1.807, 2.05) is 24.3 Å². The minimum atomic E-state index is -0.671. The normalized spacial score (nSPS) is 13.0. The Kier molecular flexibility index (Phi) is 3.57. The molecule has 3 N–H and O–H groups in total. The molecule has 0 saturated heterocycles. The van der Waals surface area contributed by atoms with Crippen LogP contribution in [0.25, 0.3) is 0 Å². The lowest BCUT2D eigenvalue weighted by Gasteiger charge is -2.14. The molecule has 94 valence electrons. The molecule has 0 radical (unpaired) electrons. The fourth-order valence-corrected chi connectivity index (χ4v) is 1.94. The van der Waals surface area contributed by atoms with Crippen LogP contribution in [0.3, 0.4) is 0 Å². The van der Waals surface area contributed by atoms with E-state index in [1.165, 1.54) is 4.90 Å². The fraction of sp³-hybridized carbons (Fsp3) is 0.250. The Morgan fingerprint density at radius 1 is 1.28 bits per heavy atom. The maximum atomic E-state index is 11.9. The first-order valence-electron chi connectivity index (χ1n) is 5.50. The first-order chi connectivity index (χ1) is 8.58. The van der Waals surface area contributed by atoms with E-state index in [0.717, 1.165) is 11.1 Å². The molecule has 0 spiro atoms. The number of hydrogen-bond acceptors (Lipinski definition) is 3. The van der Waals surface area contributed by atoms with Gasteiger partial charge < -0.3 is 16.0 Å². The fourth-order valence-electron chi connectivity index (χ4n) is 1.86. The standard InChI is InChI=1S/C12H13N3O2S/c13-10(18)5-14-11(16)12(17)15-6-8-3-1-2-4-9(8)7-15/h1-4H,5-7H2,(H2,13,18)(H,14,16). The zero-order valence-electron chi connectivity index (χ0n) is 9.68. The van der Waals surface area contributed by atoms with E-state index in [2.05, 4.69) is 17.5 Å². The van der Waals surface area contributed by atoms with Crippen LogP contribution >= 0.6 is 12.2 Å². The van der Waals surface area contributed by atoms with Gasteiger partial charge in [0.1, 0.15) is 0 Å². The molecule has 0 fully saturated rings. The van der Waals surface area contributed by atoms with Gasteiger partial charge in [0.25, 0.3) is 0 Å². The van der Waals surface area contributed by atoms with E-state index in [0.29, 0.717) is 13.1 Å². The molecule has 1 heterocycles. The lowest BCUT2D eigenvalue weighted by Crippen LogP contribution is -2.43. The first kappa shape index (κ1) is 12.5. The zero-order valence-corrected chi connectivity index (χ0v) is 10.5. The van der Waals surface area contributed by atoms with Crippen molar-refractivity contribution >= 4 is 29.0 Å². The van der Waals surface area contributed by atoms with E-state index in [1.54, 1.807) is 0 Å². The predicted molar refractivity (Wildman–Crippen MR) is 70.5 cm³/mol. The van der Waals surface area contributed by atoms with Crippen LogP contribution in [0.4, 0.5) is 0 Å². The van der Waals surface area contributed by atoms with Crippen LogP contribution in [0.15, 0.2) is 24.3 Å². The molecule has 1 aliphatic heterocycles. The molecule has 1 aromatic rings. The quantitative estimate of drug-likeness (QED) is 0.578. The van der Waals surface area contributed by atoms with Gasteiger partial charge in [0.05, 0.1) is 11.5 Å². The molecule has 6 heteroatoms. The second kappa shape index (κ2) is 5.14. The smallest absolute Gasteiger partial charge is 0.312 e. The molecule has 5 nitrogen and oxygen atoms in total. The van der Waals surface area contributed by atoms with Crippen molar-refractivity contribution in [2.45, 2.75) is 13.1 Å². The summed E-state index contributed by atoms with van der Waals surface area (Å²) in [5.41, 5.74) is 7.41. The Balaban J connectivity index is 1.97. The highest BCUT2D eigenvalue weighted by atomic mass is 32.1. The number of thiocarbonyl (C=S) groups is 1. The summed E-state index contributed by atoms with van der Waals surface area (Å²) in [5.74, 6) is -1.22. The minimum absolute atomic E-state index is 0.0424. The van der Waals surface area contributed by atoms with Crippen molar-refractivity contribution in [1.82, 2.24) is 10.2 Å². The number of amides is 2. The molecule has 0 aliphatic carbocycles. The van der Waals surface area contributed by atoms with E-state index in [9.17, 15) is 9.59 Å². The minimum Gasteiger partial charge on any atom is -0.392 e. The van der Waals surface area contributed by atoms with Crippen molar-refractivity contribution in [3.63, 3.8) is 0 Å². The number of carbonyl (C=O) groups is 2. The number of benzene rings is 1. The van der Waals surface area contributed by atoms with Gasteiger partial charge in [0.2, 0.25) is 0 Å². The summed E-state index contributed by atoms with van der Waals surface area (Å²) in [5, 5.41) is 2.39. The van der Waals surface area contributed by atoms with Crippen LogP contribution < -0.4 is 11.1 Å². The lowest BCUT2D eigenvalue weighted by atomic mass is 10.1. The molecular weight excluding hydrogens is 250 g/mol. The Morgan fingerprint density at radius 2 is 1.83 bits per heavy atom. The number of carbonyl (C=O) groups excluding carboxylic acids is 2. The van der Waals surface area contributed by atoms with Crippen LogP contribution in [-0.4, -0.2) is 28.2 Å². The summed E-state index contributed by atoms with van der Waals surface area (Å²) >= 11 is 4.63. The van der Waals surface area contributed by atoms with Gasteiger partial charge in [-0.2, -0.15) is 0 Å². The van der Waals surface area contributed by atoms with Gasteiger partial charge in [-0.1, -0.05) is 36.5 Å². The topological polar surface area (TPSA) is 75.4 Å². The van der Waals surface area contributed by atoms with Gasteiger partial charge in [-0.25, -0.2) is 0 Å². The highest BCUT2D eigenvalue weighted by Gasteiger charge is 2.27. The second-order valence-corrected chi connectivity index (χ2v) is 4.60. The number of nitrogens with two attached hydrogens (primary N) is 1. The van der Waals surface area contributed by atoms with Crippen LogP contribution in [-0.2, 0) is 22.7 Å². The van der Waals surface area contributed by atoms with E-state index >= 15 is 0 Å². The maximum Gasteiger partial charge on any atom is 0.312 e. The number of fused-ring (bicyclic) bond motifs is 1. The summed E-state index contributed by atoms with van der Waals surface area (Å²) in [6.45, 7) is 0.978. The van der Waals surface area contributed by atoms with Crippen LogP contribution in [0.2, 0.25) is 0 Å². The molecule has 18 heavy (non-hydrogen) atoms. The summed E-state index contributed by atoms with van der Waals surface area (Å²) in [6.07, 6.45) is 0. The maximum absolute atomic E-state index is 11.9. The molecule has 0 bridgehead atoms. The molecular formula is C12H13N3O2S. The van der Waals surface area contributed by atoms with Crippen molar-refractivity contribution in [1.29, 1.82) is 0 Å². The second-order valence-electron chi connectivity index (χ2n) is 4.08. The summed E-state index contributed by atoms with van der Waals surface area (Å²) in [6, 6.07) is 7.74. The van der Waals surface area contributed by atoms with E-state index in [-0.39, 0.29) is 11.5 Å². The van der Waals surface area contributed by atoms with Gasteiger partial charge in [-0.05, 0) is 11.1 Å². The molecule has 0 atom stereocenters. The van der Waals surface area contributed by atoms with E-state index in [4.69, 9.17) is 5.73 Å². The van der Waals surface area contributed by atoms with Gasteiger partial charge >= 0.3 is 11.8 Å². The SMILES string of the molecule is NC(=S)CNC(=O)C(=O)N1Cc2ccccc2C1. The van der Waals surface area contributed by atoms with Crippen molar-refractivity contribution in [2.24, 2.45) is 5.73 Å². The van der Waals surface area contributed by atoms with Crippen molar-refractivity contribution in [3.8, 4) is 0 Å². The van der Waals surface area contributed by atoms with Gasteiger partial charge in [-0.15, -0.1) is 0 Å². The summed E-state index contributed by atoms with van der Waals surface area (Å²) < 4.78 is 0. The van der Waals surface area contributed by atoms with Crippen LogP contribution in [0.5, 0.6) is 0 Å². The molecule has 2 rings (SSSR count). The van der Waals surface area contributed by atoms with E-state index < -0.39 is 11.8 Å². The Morgan fingerprint density at radius 3 is 2.33 bits per heavy atom. The number of rotatable bonds is 2. The summed E-state index contributed by atoms with van der Waals surface area (Å²) in [7, 11) is 0. The zero-order chi connectivity index (χ0) is 13.1. The highest BCUT2D eigenvalue weighted by Crippen LogP contribution is 2.21. The number of nitrogens with zero attached hydrogens (tertiary/aromatic N) is 1. The number of hydrogen-bond donors (Lipinski definition) is 2. The third-order valence-corrected chi connectivity index (χ3v) is 2.89. The number of nitrogens with one attached hydrogen (secondary N) is 1. The van der Waals surface area contributed by atoms with Crippen LogP contribution in [0, 0.1) is 0 Å². The largest absolute Gasteiger partial charge is 0.392 e. The van der Waals surface area contributed by atoms with Crippen molar-refractivity contribution in [3.05, 3.63) is 35.4 Å². The highest BCUT2D eigenvalue weighted by molar-refractivity contribution is 7.80. The Bertz CT molecular complexity index is 491. The first-order valence-corrected chi connectivity index (χ1v) is 5.91. The summed E-state index contributed by atoms with van der Waals surface area (Å²) in [4.78, 5) is 25.1.